The van der Waals surface area contributed by atoms with Gasteiger partial charge in [0.25, 0.3) is 5.56 Å². The van der Waals surface area contributed by atoms with Gasteiger partial charge in [0.2, 0.25) is 0 Å². The minimum absolute atomic E-state index is 0.0121. The highest BCUT2D eigenvalue weighted by molar-refractivity contribution is 5.86. The summed E-state index contributed by atoms with van der Waals surface area (Å²) in [7, 11) is 0. The molecule has 0 bridgehead atoms. The zero-order valence-corrected chi connectivity index (χ0v) is 18.6. The zero-order chi connectivity index (χ0) is 21.8. The van der Waals surface area contributed by atoms with Gasteiger partial charge >= 0.3 is 0 Å². The minimum atomic E-state index is -1.50. The second kappa shape index (κ2) is 9.51. The normalized spacial score (nSPS) is 20.9. The molecule has 0 atom stereocenters. The Morgan fingerprint density at radius 1 is 1.10 bits per heavy atom. The minimum Gasteiger partial charge on any atom is -0.543 e. The van der Waals surface area contributed by atoms with Gasteiger partial charge in [0.05, 0.1) is 17.0 Å². The molecule has 1 aliphatic heterocycles. The van der Waals surface area contributed by atoms with Crippen LogP contribution in [0, 0.1) is 0 Å². The maximum absolute atomic E-state index is 13.0. The highest BCUT2D eigenvalue weighted by Gasteiger charge is 2.38. The van der Waals surface area contributed by atoms with Crippen LogP contribution in [0.3, 0.4) is 0 Å². The number of para-hydroxylation sites is 2. The molecule has 1 saturated heterocycles. The average Bonchev–Trinajstić information content (AvgIpc) is 2.75. The fourth-order valence-electron chi connectivity index (χ4n) is 6.00. The number of benzene rings is 1. The maximum Gasteiger partial charge on any atom is 0.279 e. The van der Waals surface area contributed by atoms with E-state index in [1.807, 2.05) is 18.2 Å². The van der Waals surface area contributed by atoms with Gasteiger partial charge in [-0.15, -0.1) is 0 Å². The van der Waals surface area contributed by atoms with Crippen LogP contribution in [0.25, 0.3) is 11.0 Å². The summed E-state index contributed by atoms with van der Waals surface area (Å²) in [6.45, 7) is 4.19. The molecular weight excluding hydrogens is 390 g/mol. The lowest BCUT2D eigenvalue weighted by atomic mass is 9.78. The predicted molar refractivity (Wildman–Crippen MR) is 120 cm³/mol. The summed E-state index contributed by atoms with van der Waals surface area (Å²) in [6.07, 6.45) is 13.4. The third kappa shape index (κ3) is 4.40. The van der Waals surface area contributed by atoms with E-state index in [9.17, 15) is 14.7 Å². The van der Waals surface area contributed by atoms with Crippen molar-refractivity contribution in [3.63, 3.8) is 0 Å². The number of fused-ring (bicyclic) bond motifs is 1. The maximum atomic E-state index is 13.0. The first kappa shape index (κ1) is 22.0. The molecule has 31 heavy (non-hydrogen) atoms. The Balaban J connectivity index is 1.61. The summed E-state index contributed by atoms with van der Waals surface area (Å²) in [5, 5.41) is 11.5. The number of carbonyl (C=O) groups excluding carboxylic acids is 1. The molecule has 2 aromatic rings. The Hall–Kier alpha value is -2.21. The van der Waals surface area contributed by atoms with Gasteiger partial charge in [0.15, 0.2) is 5.69 Å². The van der Waals surface area contributed by atoms with E-state index in [2.05, 4.69) is 16.8 Å². The molecule has 6 nitrogen and oxygen atoms in total. The van der Waals surface area contributed by atoms with Crippen LogP contribution >= 0.6 is 0 Å². The molecule has 1 saturated carbocycles. The van der Waals surface area contributed by atoms with Crippen LogP contribution in [0.2, 0.25) is 0 Å². The number of aromatic carboxylic acids is 1. The van der Waals surface area contributed by atoms with E-state index in [4.69, 9.17) is 0 Å². The first-order chi connectivity index (χ1) is 15.1. The van der Waals surface area contributed by atoms with Crippen LogP contribution in [0.5, 0.6) is 0 Å². The van der Waals surface area contributed by atoms with Crippen molar-refractivity contribution >= 4 is 17.0 Å². The number of hydrogen-bond acceptors (Lipinski definition) is 5. The number of carbonyl (C=O) groups is 1. The van der Waals surface area contributed by atoms with Crippen molar-refractivity contribution in [2.75, 3.05) is 13.1 Å². The van der Waals surface area contributed by atoms with Gasteiger partial charge in [-0.05, 0) is 44.2 Å². The van der Waals surface area contributed by atoms with Crippen LogP contribution < -0.4 is 10.7 Å². The lowest BCUT2D eigenvalue weighted by Gasteiger charge is -2.49. The predicted octanol–water partition coefficient (Wildman–Crippen LogP) is 3.68. The van der Waals surface area contributed by atoms with Crippen LogP contribution in [0.4, 0.5) is 0 Å². The highest BCUT2D eigenvalue weighted by Crippen LogP contribution is 2.39. The number of aromatic nitrogens is 2. The molecule has 1 aromatic heterocycles. The SMILES string of the molecule is CCCC1(N2CCC(n3c(=O)c(C(=O)[O-])nc4ccccc43)CC2)CCCCCCC1. The topological polar surface area (TPSA) is 78.3 Å². The molecule has 0 unspecified atom stereocenters. The van der Waals surface area contributed by atoms with E-state index in [1.165, 1.54) is 57.8 Å². The van der Waals surface area contributed by atoms with Crippen molar-refractivity contribution in [1.82, 2.24) is 14.5 Å². The van der Waals surface area contributed by atoms with Crippen molar-refractivity contribution < 1.29 is 9.90 Å². The standard InChI is InChI=1S/C25H35N3O3/c1-2-14-25(15-8-4-3-5-9-16-25)27-17-12-19(13-18-27)28-21-11-7-6-10-20(21)26-22(23(28)29)24(30)31/h6-7,10-11,19H,2-5,8-9,12-18H2,1H3,(H,30,31)/p-1. The van der Waals surface area contributed by atoms with Gasteiger partial charge in [-0.1, -0.05) is 57.6 Å². The van der Waals surface area contributed by atoms with Crippen molar-refractivity contribution in [3.8, 4) is 0 Å². The summed E-state index contributed by atoms with van der Waals surface area (Å²) in [5.41, 5.74) is 0.521. The van der Waals surface area contributed by atoms with Crippen LogP contribution in [0.1, 0.15) is 94.1 Å². The van der Waals surface area contributed by atoms with E-state index in [1.54, 1.807) is 10.6 Å². The molecule has 0 amide bonds. The number of piperidine rings is 1. The largest absolute Gasteiger partial charge is 0.543 e. The number of nitrogens with zero attached hydrogens (tertiary/aromatic N) is 3. The Labute approximate surface area is 184 Å². The third-order valence-electron chi connectivity index (χ3n) is 7.49. The summed E-state index contributed by atoms with van der Waals surface area (Å²) in [4.78, 5) is 31.3. The molecule has 0 N–H and O–H groups in total. The van der Waals surface area contributed by atoms with E-state index in [0.29, 0.717) is 16.6 Å². The number of likely N-dealkylation sites (tertiary alicyclic amines) is 1. The number of carboxylic acids is 1. The quantitative estimate of drug-likeness (QED) is 0.732. The van der Waals surface area contributed by atoms with Gasteiger partial charge in [0.1, 0.15) is 0 Å². The Morgan fingerprint density at radius 2 is 1.74 bits per heavy atom. The Bertz CT molecular complexity index is 968. The number of hydrogen-bond donors (Lipinski definition) is 0. The highest BCUT2D eigenvalue weighted by atomic mass is 16.4. The Kier molecular flexibility index (Phi) is 6.75. The van der Waals surface area contributed by atoms with Gasteiger partial charge in [0, 0.05) is 24.7 Å². The van der Waals surface area contributed by atoms with E-state index < -0.39 is 17.2 Å². The van der Waals surface area contributed by atoms with E-state index in [-0.39, 0.29) is 6.04 Å². The zero-order valence-electron chi connectivity index (χ0n) is 18.6. The average molecular weight is 425 g/mol. The molecule has 2 aliphatic rings. The third-order valence-corrected chi connectivity index (χ3v) is 7.49. The fourth-order valence-corrected chi connectivity index (χ4v) is 6.00. The molecule has 4 rings (SSSR count). The molecule has 0 spiro atoms. The first-order valence-corrected chi connectivity index (χ1v) is 12.0. The van der Waals surface area contributed by atoms with Crippen molar-refractivity contribution in [1.29, 1.82) is 0 Å². The van der Waals surface area contributed by atoms with Crippen molar-refractivity contribution in [2.45, 2.75) is 89.1 Å². The second-order valence-electron chi connectivity index (χ2n) is 9.37. The smallest absolute Gasteiger partial charge is 0.279 e. The van der Waals surface area contributed by atoms with Crippen molar-refractivity contribution in [3.05, 3.63) is 40.3 Å². The molecule has 2 heterocycles. The lowest BCUT2D eigenvalue weighted by molar-refractivity contribution is -0.255. The van der Waals surface area contributed by atoms with E-state index in [0.717, 1.165) is 25.9 Å². The Morgan fingerprint density at radius 3 is 2.39 bits per heavy atom. The summed E-state index contributed by atoms with van der Waals surface area (Å²) in [6, 6.07) is 7.30. The van der Waals surface area contributed by atoms with Gasteiger partial charge in [-0.25, -0.2) is 4.98 Å². The molecule has 1 aliphatic carbocycles. The molecule has 1 aromatic carbocycles. The molecule has 6 heteroatoms. The first-order valence-electron chi connectivity index (χ1n) is 12.0. The lowest BCUT2D eigenvalue weighted by Crippen LogP contribution is -2.53. The molecule has 0 radical (unpaired) electrons. The monoisotopic (exact) mass is 424 g/mol. The summed E-state index contributed by atoms with van der Waals surface area (Å²) in [5.74, 6) is -1.50. The van der Waals surface area contributed by atoms with Gasteiger partial charge in [-0.2, -0.15) is 0 Å². The van der Waals surface area contributed by atoms with E-state index >= 15 is 0 Å². The van der Waals surface area contributed by atoms with Crippen LogP contribution in [-0.2, 0) is 0 Å². The summed E-state index contributed by atoms with van der Waals surface area (Å²) < 4.78 is 1.68. The van der Waals surface area contributed by atoms with Crippen molar-refractivity contribution in [2.24, 2.45) is 0 Å². The molecule has 168 valence electrons. The van der Waals surface area contributed by atoms with Crippen LogP contribution in [-0.4, -0.2) is 39.0 Å². The van der Waals surface area contributed by atoms with Gasteiger partial charge in [-0.3, -0.25) is 9.69 Å². The number of carboxylic acid groups (broad SMARTS) is 1. The fraction of sp³-hybridized carbons (Fsp3) is 0.640. The molecular formula is C25H34N3O3-. The summed E-state index contributed by atoms with van der Waals surface area (Å²) >= 11 is 0. The van der Waals surface area contributed by atoms with Gasteiger partial charge < -0.3 is 14.5 Å². The molecule has 2 fully saturated rings. The van der Waals surface area contributed by atoms with Crippen LogP contribution in [0.15, 0.2) is 29.1 Å². The number of rotatable bonds is 5. The second-order valence-corrected chi connectivity index (χ2v) is 9.37.